The summed E-state index contributed by atoms with van der Waals surface area (Å²) in [5, 5.41) is 5.48. The quantitative estimate of drug-likeness (QED) is 0.718. The van der Waals surface area contributed by atoms with Crippen molar-refractivity contribution in [3.63, 3.8) is 0 Å². The summed E-state index contributed by atoms with van der Waals surface area (Å²) in [6.45, 7) is 3.53. The maximum Gasteiger partial charge on any atom is 0.319 e. The van der Waals surface area contributed by atoms with Crippen LogP contribution >= 0.6 is 0 Å². The van der Waals surface area contributed by atoms with Crippen molar-refractivity contribution in [1.82, 2.24) is 5.32 Å². The Labute approximate surface area is 119 Å². The van der Waals surface area contributed by atoms with E-state index in [0.29, 0.717) is 36.9 Å². The minimum Gasteiger partial charge on any atom is -0.493 e. The zero-order valence-corrected chi connectivity index (χ0v) is 12.2. The molecule has 20 heavy (non-hydrogen) atoms. The van der Waals surface area contributed by atoms with Gasteiger partial charge >= 0.3 is 6.03 Å². The van der Waals surface area contributed by atoms with E-state index in [2.05, 4.69) is 10.6 Å². The van der Waals surface area contributed by atoms with E-state index in [1.165, 1.54) is 0 Å². The van der Waals surface area contributed by atoms with Gasteiger partial charge in [0.2, 0.25) is 0 Å². The Kier molecular flexibility index (Phi) is 7.27. The molecular weight excluding hydrogens is 260 g/mol. The van der Waals surface area contributed by atoms with Crippen LogP contribution in [0.4, 0.5) is 10.5 Å². The fraction of sp³-hybridized carbons (Fsp3) is 0.500. The molecule has 0 saturated heterocycles. The summed E-state index contributed by atoms with van der Waals surface area (Å²) in [5.74, 6) is 1.18. The third-order valence-corrected chi connectivity index (χ3v) is 2.50. The van der Waals surface area contributed by atoms with Crippen molar-refractivity contribution in [3.8, 4) is 11.5 Å². The molecule has 0 atom stereocenters. The third-order valence-electron chi connectivity index (χ3n) is 2.50. The van der Waals surface area contributed by atoms with E-state index >= 15 is 0 Å². The van der Waals surface area contributed by atoms with Gasteiger partial charge in [-0.05, 0) is 18.6 Å². The van der Waals surface area contributed by atoms with Crippen molar-refractivity contribution < 1.29 is 19.0 Å². The Hall–Kier alpha value is -1.95. The second-order valence-corrected chi connectivity index (χ2v) is 4.09. The van der Waals surface area contributed by atoms with Crippen molar-refractivity contribution in [2.24, 2.45) is 0 Å². The standard InChI is InChI=1S/C14H22N2O4/c1-4-7-15-14(17)16-11-5-6-12(19-3)13(10-11)20-9-8-18-2/h5-6,10H,4,7-9H2,1-3H3,(H2,15,16,17). The first-order valence-electron chi connectivity index (χ1n) is 6.55. The fourth-order valence-electron chi connectivity index (χ4n) is 1.52. The summed E-state index contributed by atoms with van der Waals surface area (Å²) in [6, 6.07) is 4.99. The van der Waals surface area contributed by atoms with Crippen LogP contribution in [0.15, 0.2) is 18.2 Å². The molecule has 0 fully saturated rings. The molecule has 0 bridgehead atoms. The number of amides is 2. The Bertz CT molecular complexity index is 424. The Morgan fingerprint density at radius 2 is 2.00 bits per heavy atom. The molecule has 6 heteroatoms. The molecule has 0 radical (unpaired) electrons. The lowest BCUT2D eigenvalue weighted by Gasteiger charge is -2.13. The lowest BCUT2D eigenvalue weighted by atomic mass is 10.2. The highest BCUT2D eigenvalue weighted by molar-refractivity contribution is 5.89. The van der Waals surface area contributed by atoms with Crippen LogP contribution in [-0.2, 0) is 4.74 Å². The molecule has 0 saturated carbocycles. The second kappa shape index (κ2) is 9.03. The van der Waals surface area contributed by atoms with Gasteiger partial charge in [0.25, 0.3) is 0 Å². The average molecular weight is 282 g/mol. The molecular formula is C14H22N2O4. The molecule has 0 aliphatic heterocycles. The number of ether oxygens (including phenoxy) is 3. The SMILES string of the molecule is CCCNC(=O)Nc1ccc(OC)c(OCCOC)c1. The maximum absolute atomic E-state index is 11.6. The van der Waals surface area contributed by atoms with Crippen molar-refractivity contribution in [2.45, 2.75) is 13.3 Å². The topological polar surface area (TPSA) is 68.8 Å². The monoisotopic (exact) mass is 282 g/mol. The van der Waals surface area contributed by atoms with Gasteiger partial charge in [-0.1, -0.05) is 6.92 Å². The Morgan fingerprint density at radius 1 is 1.20 bits per heavy atom. The van der Waals surface area contributed by atoms with E-state index in [1.807, 2.05) is 6.92 Å². The van der Waals surface area contributed by atoms with Crippen LogP contribution in [0, 0.1) is 0 Å². The van der Waals surface area contributed by atoms with Crippen LogP contribution in [0.3, 0.4) is 0 Å². The Morgan fingerprint density at radius 3 is 2.65 bits per heavy atom. The molecule has 0 spiro atoms. The van der Waals surface area contributed by atoms with Crippen molar-refractivity contribution >= 4 is 11.7 Å². The number of hydrogen-bond acceptors (Lipinski definition) is 4. The first kappa shape index (κ1) is 16.1. The highest BCUT2D eigenvalue weighted by Crippen LogP contribution is 2.30. The number of rotatable bonds is 8. The van der Waals surface area contributed by atoms with Crippen LogP contribution in [0.5, 0.6) is 11.5 Å². The third kappa shape index (κ3) is 5.36. The smallest absolute Gasteiger partial charge is 0.319 e. The number of nitrogens with one attached hydrogen (secondary N) is 2. The predicted molar refractivity (Wildman–Crippen MR) is 77.7 cm³/mol. The molecule has 112 valence electrons. The van der Waals surface area contributed by atoms with Gasteiger partial charge in [-0.15, -0.1) is 0 Å². The van der Waals surface area contributed by atoms with E-state index in [1.54, 1.807) is 32.4 Å². The average Bonchev–Trinajstić information content (AvgIpc) is 2.46. The van der Waals surface area contributed by atoms with E-state index in [0.717, 1.165) is 6.42 Å². The van der Waals surface area contributed by atoms with Crippen LogP contribution in [-0.4, -0.2) is 40.0 Å². The van der Waals surface area contributed by atoms with E-state index in [9.17, 15) is 4.79 Å². The normalized spacial score (nSPS) is 9.95. The van der Waals surface area contributed by atoms with Crippen molar-refractivity contribution in [1.29, 1.82) is 0 Å². The van der Waals surface area contributed by atoms with Gasteiger partial charge in [-0.25, -0.2) is 4.79 Å². The molecule has 0 heterocycles. The van der Waals surface area contributed by atoms with Crippen LogP contribution in [0.25, 0.3) is 0 Å². The molecule has 1 aromatic rings. The fourth-order valence-corrected chi connectivity index (χ4v) is 1.52. The first-order valence-corrected chi connectivity index (χ1v) is 6.55. The van der Waals surface area contributed by atoms with Gasteiger partial charge in [0.1, 0.15) is 6.61 Å². The zero-order valence-electron chi connectivity index (χ0n) is 12.2. The minimum atomic E-state index is -0.236. The summed E-state index contributed by atoms with van der Waals surface area (Å²) in [4.78, 5) is 11.6. The van der Waals surface area contributed by atoms with Gasteiger partial charge in [0, 0.05) is 25.4 Å². The summed E-state index contributed by atoms with van der Waals surface area (Å²) >= 11 is 0. The van der Waals surface area contributed by atoms with E-state index in [4.69, 9.17) is 14.2 Å². The number of benzene rings is 1. The van der Waals surface area contributed by atoms with Gasteiger partial charge in [-0.2, -0.15) is 0 Å². The number of hydrogen-bond donors (Lipinski definition) is 2. The summed E-state index contributed by atoms with van der Waals surface area (Å²) in [5.41, 5.74) is 0.645. The molecule has 0 aliphatic rings. The number of urea groups is 1. The largest absolute Gasteiger partial charge is 0.493 e. The van der Waals surface area contributed by atoms with Crippen LogP contribution in [0.1, 0.15) is 13.3 Å². The van der Waals surface area contributed by atoms with Gasteiger partial charge in [-0.3, -0.25) is 0 Å². The highest BCUT2D eigenvalue weighted by atomic mass is 16.5. The van der Waals surface area contributed by atoms with Crippen LogP contribution < -0.4 is 20.1 Å². The molecule has 2 N–H and O–H groups in total. The van der Waals surface area contributed by atoms with Gasteiger partial charge in [0.05, 0.1) is 13.7 Å². The molecule has 0 unspecified atom stereocenters. The maximum atomic E-state index is 11.6. The van der Waals surface area contributed by atoms with E-state index < -0.39 is 0 Å². The van der Waals surface area contributed by atoms with Crippen LogP contribution in [0.2, 0.25) is 0 Å². The first-order chi connectivity index (χ1) is 9.71. The number of carbonyl (C=O) groups is 1. The minimum absolute atomic E-state index is 0.236. The Balaban J connectivity index is 2.68. The lowest BCUT2D eigenvalue weighted by Crippen LogP contribution is -2.29. The summed E-state index contributed by atoms with van der Waals surface area (Å²) in [6.07, 6.45) is 0.890. The molecule has 0 aliphatic carbocycles. The number of methoxy groups -OCH3 is 2. The zero-order chi connectivity index (χ0) is 14.8. The lowest BCUT2D eigenvalue weighted by molar-refractivity contribution is 0.144. The van der Waals surface area contributed by atoms with Gasteiger partial charge < -0.3 is 24.8 Å². The molecule has 1 rings (SSSR count). The second-order valence-electron chi connectivity index (χ2n) is 4.09. The summed E-state index contributed by atoms with van der Waals surface area (Å²) in [7, 11) is 3.18. The molecule has 1 aromatic carbocycles. The highest BCUT2D eigenvalue weighted by Gasteiger charge is 2.07. The predicted octanol–water partition coefficient (Wildman–Crippen LogP) is 2.25. The van der Waals surface area contributed by atoms with E-state index in [-0.39, 0.29) is 6.03 Å². The number of carbonyl (C=O) groups excluding carboxylic acids is 1. The van der Waals surface area contributed by atoms with Crippen molar-refractivity contribution in [3.05, 3.63) is 18.2 Å². The van der Waals surface area contributed by atoms with Gasteiger partial charge in [0.15, 0.2) is 11.5 Å². The molecule has 2 amide bonds. The summed E-state index contributed by atoms with van der Waals surface area (Å²) < 4.78 is 15.7. The molecule has 0 aromatic heterocycles. The number of anilines is 1. The van der Waals surface area contributed by atoms with Crippen molar-refractivity contribution in [2.75, 3.05) is 39.3 Å². The molecule has 6 nitrogen and oxygen atoms in total.